The molecule has 1 rings (SSSR count). The zero-order valence-electron chi connectivity index (χ0n) is 19.7. The molecule has 0 saturated carbocycles. The van der Waals surface area contributed by atoms with E-state index in [1.807, 2.05) is 34.6 Å². The monoisotopic (exact) mass is 401 g/mol. The molecule has 0 bridgehead atoms. The number of carbonyl (C=O) groups is 1. The van der Waals surface area contributed by atoms with E-state index in [0.29, 0.717) is 12.5 Å². The molecule has 0 radical (unpaired) electrons. The molecule has 0 aromatic carbocycles. The second kappa shape index (κ2) is 8.03. The Kier molecular flexibility index (Phi) is 7.27. The van der Waals surface area contributed by atoms with Crippen LogP contribution in [0.1, 0.15) is 75.7 Å². The van der Waals surface area contributed by atoms with Gasteiger partial charge in [-0.1, -0.05) is 41.0 Å². The van der Waals surface area contributed by atoms with Crippen molar-refractivity contribution in [1.82, 2.24) is 4.90 Å². The Hall–Kier alpha value is -0.593. The zero-order valence-corrected chi connectivity index (χ0v) is 20.7. The quantitative estimate of drug-likeness (QED) is 0.547. The van der Waals surface area contributed by atoms with Gasteiger partial charge in [0.05, 0.1) is 18.8 Å². The maximum Gasteiger partial charge on any atom is 0.412 e. The molecule has 3 atom stereocenters. The van der Waals surface area contributed by atoms with Gasteiger partial charge in [0, 0.05) is 0 Å². The van der Waals surface area contributed by atoms with Gasteiger partial charge in [0.1, 0.15) is 11.3 Å². The van der Waals surface area contributed by atoms with Gasteiger partial charge in [-0.15, -0.1) is 0 Å². The van der Waals surface area contributed by atoms with Gasteiger partial charge in [-0.3, -0.25) is 4.90 Å². The molecule has 0 N–H and O–H groups in total. The summed E-state index contributed by atoms with van der Waals surface area (Å²) in [7, 11) is -2.01. The van der Waals surface area contributed by atoms with Crippen molar-refractivity contribution in [3.63, 3.8) is 0 Å². The molecule has 0 aliphatic carbocycles. The van der Waals surface area contributed by atoms with E-state index in [1.54, 1.807) is 4.90 Å². The summed E-state index contributed by atoms with van der Waals surface area (Å²) >= 11 is 0. The number of nitrogens with zero attached hydrogens (tertiary/aromatic N) is 1. The smallest absolute Gasteiger partial charge is 0.412 e. The Balaban J connectivity index is 3.24. The molecule has 27 heavy (non-hydrogen) atoms. The van der Waals surface area contributed by atoms with Crippen molar-refractivity contribution in [2.45, 2.75) is 117 Å². The molecule has 6 heteroatoms. The predicted octanol–water partition coefficient (Wildman–Crippen LogP) is 5.79. The number of amides is 1. The van der Waals surface area contributed by atoms with E-state index in [-0.39, 0.29) is 23.3 Å². The third kappa shape index (κ3) is 5.94. The molecule has 1 saturated heterocycles. The standard InChI is InChI=1S/C21H43NO4Si/c1-13-15(2)17(26-27(11,12)20(6,7)8)16-14-24-21(9,10)22(16)18(23)25-19(3,4)5/h15-17H,13-14H2,1-12H3/t15-,16?,17+/m0/s1. The van der Waals surface area contributed by atoms with E-state index >= 15 is 0 Å². The van der Waals surface area contributed by atoms with Crippen LogP contribution in [0.25, 0.3) is 0 Å². The number of rotatable bonds is 5. The maximum absolute atomic E-state index is 13.0. The lowest BCUT2D eigenvalue weighted by atomic mass is 9.95. The SMILES string of the molecule is CC[C@H](C)[C@@H](O[Si](C)(C)C(C)(C)C)C1COC(C)(C)N1C(=O)OC(C)(C)C. The van der Waals surface area contributed by atoms with Gasteiger partial charge in [-0.05, 0) is 58.7 Å². The summed E-state index contributed by atoms with van der Waals surface area (Å²) in [6.07, 6.45) is 0.575. The predicted molar refractivity (Wildman–Crippen MR) is 113 cm³/mol. The molecule has 160 valence electrons. The summed E-state index contributed by atoms with van der Waals surface area (Å²) < 4.78 is 18.6. The minimum absolute atomic E-state index is 0.0785. The molecule has 0 spiro atoms. The van der Waals surface area contributed by atoms with Crippen molar-refractivity contribution in [3.8, 4) is 0 Å². The van der Waals surface area contributed by atoms with Crippen LogP contribution in [0.5, 0.6) is 0 Å². The average Bonchev–Trinajstić information content (AvgIpc) is 2.76. The van der Waals surface area contributed by atoms with Crippen molar-refractivity contribution in [3.05, 3.63) is 0 Å². The second-order valence-electron chi connectivity index (χ2n) is 10.9. The normalized spacial score (nSPS) is 23.3. The van der Waals surface area contributed by atoms with Crippen LogP contribution in [-0.2, 0) is 13.9 Å². The molecule has 1 unspecified atom stereocenters. The van der Waals surface area contributed by atoms with E-state index in [0.717, 1.165) is 6.42 Å². The molecule has 1 aliphatic heterocycles. The summed E-state index contributed by atoms with van der Waals surface area (Å²) in [5.41, 5.74) is -1.26. The lowest BCUT2D eigenvalue weighted by Crippen LogP contribution is -2.57. The Labute approximate surface area is 168 Å². The van der Waals surface area contributed by atoms with Crippen LogP contribution < -0.4 is 0 Å². The van der Waals surface area contributed by atoms with Gasteiger partial charge in [0.25, 0.3) is 0 Å². The number of ether oxygens (including phenoxy) is 2. The first-order chi connectivity index (χ1) is 11.9. The molecular weight excluding hydrogens is 358 g/mol. The van der Waals surface area contributed by atoms with Gasteiger partial charge in [0.2, 0.25) is 0 Å². The van der Waals surface area contributed by atoms with Crippen LogP contribution in [0.2, 0.25) is 18.1 Å². The highest BCUT2D eigenvalue weighted by molar-refractivity contribution is 6.74. The van der Waals surface area contributed by atoms with Crippen molar-refractivity contribution < 1.29 is 18.7 Å². The first-order valence-corrected chi connectivity index (χ1v) is 13.2. The van der Waals surface area contributed by atoms with Crippen molar-refractivity contribution in [2.75, 3.05) is 6.61 Å². The first kappa shape index (κ1) is 24.4. The minimum atomic E-state index is -2.01. The largest absolute Gasteiger partial charge is 0.444 e. The number of hydrogen-bond acceptors (Lipinski definition) is 4. The van der Waals surface area contributed by atoms with Crippen LogP contribution in [-0.4, -0.2) is 49.4 Å². The highest BCUT2D eigenvalue weighted by Crippen LogP contribution is 2.41. The van der Waals surface area contributed by atoms with Crippen molar-refractivity contribution in [1.29, 1.82) is 0 Å². The molecule has 1 amide bonds. The van der Waals surface area contributed by atoms with Crippen LogP contribution in [0.4, 0.5) is 4.79 Å². The third-order valence-corrected chi connectivity index (χ3v) is 10.4. The van der Waals surface area contributed by atoms with Crippen LogP contribution >= 0.6 is 0 Å². The fourth-order valence-electron chi connectivity index (χ4n) is 3.06. The molecule has 5 nitrogen and oxygen atoms in total. The number of hydrogen-bond donors (Lipinski definition) is 0. The minimum Gasteiger partial charge on any atom is -0.444 e. The van der Waals surface area contributed by atoms with Crippen molar-refractivity contribution >= 4 is 14.4 Å². The molecule has 1 aliphatic rings. The Bertz CT molecular complexity index is 519. The van der Waals surface area contributed by atoms with Gasteiger partial charge < -0.3 is 13.9 Å². The highest BCUT2D eigenvalue weighted by Gasteiger charge is 2.52. The summed E-state index contributed by atoms with van der Waals surface area (Å²) in [5.74, 6) is 0.312. The van der Waals surface area contributed by atoms with Crippen LogP contribution in [0.3, 0.4) is 0 Å². The van der Waals surface area contributed by atoms with Crippen LogP contribution in [0.15, 0.2) is 0 Å². The summed E-state index contributed by atoms with van der Waals surface area (Å²) in [5, 5.41) is 0.102. The van der Waals surface area contributed by atoms with E-state index in [4.69, 9.17) is 13.9 Å². The number of carbonyl (C=O) groups excluding carboxylic acids is 1. The average molecular weight is 402 g/mol. The van der Waals surface area contributed by atoms with Gasteiger partial charge in [-0.25, -0.2) is 4.79 Å². The molecule has 1 heterocycles. The maximum atomic E-state index is 13.0. The summed E-state index contributed by atoms with van der Waals surface area (Å²) in [6.45, 7) is 25.6. The van der Waals surface area contributed by atoms with Gasteiger partial charge in [-0.2, -0.15) is 0 Å². The lowest BCUT2D eigenvalue weighted by Gasteiger charge is -2.45. The van der Waals surface area contributed by atoms with E-state index in [2.05, 4.69) is 47.7 Å². The summed E-state index contributed by atoms with van der Waals surface area (Å²) in [4.78, 5) is 14.8. The topological polar surface area (TPSA) is 48.0 Å². The van der Waals surface area contributed by atoms with Gasteiger partial charge in [0.15, 0.2) is 8.32 Å². The third-order valence-electron chi connectivity index (χ3n) is 5.93. The Morgan fingerprint density at radius 2 is 1.74 bits per heavy atom. The van der Waals surface area contributed by atoms with Crippen LogP contribution in [0, 0.1) is 5.92 Å². The fraction of sp³-hybridized carbons (Fsp3) is 0.952. The zero-order chi connectivity index (χ0) is 21.4. The highest BCUT2D eigenvalue weighted by atomic mass is 28.4. The van der Waals surface area contributed by atoms with Crippen molar-refractivity contribution in [2.24, 2.45) is 5.92 Å². The van der Waals surface area contributed by atoms with E-state index in [9.17, 15) is 4.79 Å². The molecule has 1 fully saturated rings. The Morgan fingerprint density at radius 1 is 1.22 bits per heavy atom. The fourth-order valence-corrected chi connectivity index (χ4v) is 4.49. The molecule has 0 aromatic rings. The first-order valence-electron chi connectivity index (χ1n) is 10.3. The molecule has 0 aromatic heterocycles. The molecular formula is C21H43NO4Si. The van der Waals surface area contributed by atoms with E-state index < -0.39 is 19.6 Å². The van der Waals surface area contributed by atoms with E-state index in [1.165, 1.54) is 0 Å². The van der Waals surface area contributed by atoms with Gasteiger partial charge >= 0.3 is 6.09 Å². The lowest BCUT2D eigenvalue weighted by molar-refractivity contribution is -0.0693. The summed E-state index contributed by atoms with van der Waals surface area (Å²) in [6, 6.07) is -0.154. The second-order valence-corrected chi connectivity index (χ2v) is 15.7. The Morgan fingerprint density at radius 3 is 2.15 bits per heavy atom.